The van der Waals surface area contributed by atoms with Crippen molar-refractivity contribution in [2.45, 2.75) is 6.92 Å². The van der Waals surface area contributed by atoms with Crippen LogP contribution < -0.4 is 5.56 Å². The highest BCUT2D eigenvalue weighted by Crippen LogP contribution is 2.23. The first-order valence-corrected chi connectivity index (χ1v) is 4.23. The van der Waals surface area contributed by atoms with Crippen molar-refractivity contribution in [2.75, 3.05) is 0 Å². The van der Waals surface area contributed by atoms with E-state index in [2.05, 4.69) is 20.9 Å². The minimum absolute atomic E-state index is 0.0891. The molecule has 0 unspecified atom stereocenters. The third kappa shape index (κ3) is 1.38. The Morgan fingerprint density at radius 3 is 2.75 bits per heavy atom. The molecule has 12 heavy (non-hydrogen) atoms. The van der Waals surface area contributed by atoms with E-state index in [1.54, 1.807) is 13.0 Å². The molecule has 1 aromatic rings. The van der Waals surface area contributed by atoms with Crippen LogP contribution in [0.25, 0.3) is 0 Å². The van der Waals surface area contributed by atoms with Gasteiger partial charge >= 0.3 is 0 Å². The van der Waals surface area contributed by atoms with Crippen LogP contribution in [0.4, 0.5) is 0 Å². The molecule has 0 fully saturated rings. The van der Waals surface area contributed by atoms with Gasteiger partial charge in [0.05, 0.1) is 4.47 Å². The van der Waals surface area contributed by atoms with Gasteiger partial charge in [-0.3, -0.25) is 4.79 Å². The average molecular weight is 247 g/mol. The van der Waals surface area contributed by atoms with Gasteiger partial charge in [0.15, 0.2) is 0 Å². The van der Waals surface area contributed by atoms with Gasteiger partial charge in [0.25, 0.3) is 5.56 Å². The lowest BCUT2D eigenvalue weighted by Gasteiger charge is -2.00. The number of halogens is 2. The van der Waals surface area contributed by atoms with E-state index < -0.39 is 5.56 Å². The quantitative estimate of drug-likeness (QED) is 0.713. The van der Waals surface area contributed by atoms with Crippen molar-refractivity contribution >= 4 is 27.5 Å². The van der Waals surface area contributed by atoms with Crippen LogP contribution in [0.3, 0.4) is 0 Å². The second kappa shape index (κ2) is 3.30. The van der Waals surface area contributed by atoms with Crippen LogP contribution in [0.15, 0.2) is 9.27 Å². The van der Waals surface area contributed by atoms with Gasteiger partial charge < -0.3 is 4.98 Å². The predicted molar refractivity (Wildman–Crippen MR) is 49.2 cm³/mol. The number of nitrogens with one attached hydrogen (secondary N) is 1. The molecular formula is C7H4BrClN2O. The molecule has 0 atom stereocenters. The summed E-state index contributed by atoms with van der Waals surface area (Å²) in [6.45, 7) is 1.66. The minimum atomic E-state index is -0.455. The Bertz CT molecular complexity index is 419. The highest BCUT2D eigenvalue weighted by Gasteiger charge is 2.09. The molecule has 0 bridgehead atoms. The number of pyridine rings is 1. The molecule has 0 amide bonds. The first kappa shape index (κ1) is 9.30. The van der Waals surface area contributed by atoms with Crippen molar-refractivity contribution in [1.29, 1.82) is 5.26 Å². The summed E-state index contributed by atoms with van der Waals surface area (Å²) in [6.07, 6.45) is 0. The van der Waals surface area contributed by atoms with Gasteiger partial charge in [0.1, 0.15) is 16.8 Å². The SMILES string of the molecule is Cc1c(Br)c(Cl)[nH]c(=O)c1C#N. The zero-order valence-corrected chi connectivity index (χ0v) is 8.45. The normalized spacial score (nSPS) is 9.50. The molecule has 0 spiro atoms. The smallest absolute Gasteiger partial charge is 0.267 e. The number of rotatable bonds is 0. The topological polar surface area (TPSA) is 56.6 Å². The second-order valence-electron chi connectivity index (χ2n) is 2.19. The summed E-state index contributed by atoms with van der Waals surface area (Å²) >= 11 is 8.79. The Morgan fingerprint density at radius 2 is 2.25 bits per heavy atom. The second-order valence-corrected chi connectivity index (χ2v) is 3.36. The van der Waals surface area contributed by atoms with Crippen LogP contribution in [0.1, 0.15) is 11.1 Å². The molecule has 0 saturated heterocycles. The highest BCUT2D eigenvalue weighted by molar-refractivity contribution is 9.10. The van der Waals surface area contributed by atoms with Crippen LogP contribution >= 0.6 is 27.5 Å². The number of aromatic nitrogens is 1. The van der Waals surface area contributed by atoms with Crippen LogP contribution in [0.5, 0.6) is 0 Å². The number of nitrogens with zero attached hydrogens (tertiary/aromatic N) is 1. The molecule has 1 N–H and O–H groups in total. The molecule has 0 aliphatic carbocycles. The number of nitriles is 1. The van der Waals surface area contributed by atoms with Crippen LogP contribution in [0.2, 0.25) is 5.15 Å². The summed E-state index contributed by atoms with van der Waals surface area (Å²) in [6, 6.07) is 1.80. The third-order valence-corrected chi connectivity index (χ3v) is 2.96. The number of aromatic amines is 1. The predicted octanol–water partition coefficient (Wildman–Crippen LogP) is 1.97. The van der Waals surface area contributed by atoms with Crippen molar-refractivity contribution in [1.82, 2.24) is 4.98 Å². The fraction of sp³-hybridized carbons (Fsp3) is 0.143. The standard InChI is InChI=1S/C7H4BrClN2O/c1-3-4(2-10)7(12)11-6(9)5(3)8/h1H3,(H,11,12). The molecule has 62 valence electrons. The van der Waals surface area contributed by atoms with Gasteiger partial charge in [0, 0.05) is 0 Å². The first-order valence-electron chi connectivity index (χ1n) is 3.06. The zero-order chi connectivity index (χ0) is 9.30. The summed E-state index contributed by atoms with van der Waals surface area (Å²) in [4.78, 5) is 13.4. The van der Waals surface area contributed by atoms with E-state index in [9.17, 15) is 4.79 Å². The van der Waals surface area contributed by atoms with Gasteiger partial charge in [-0.2, -0.15) is 5.26 Å². The van der Waals surface area contributed by atoms with E-state index in [1.807, 2.05) is 0 Å². The van der Waals surface area contributed by atoms with E-state index in [0.717, 1.165) is 0 Å². The van der Waals surface area contributed by atoms with Gasteiger partial charge in [-0.05, 0) is 28.4 Å². The number of H-pyrrole nitrogens is 1. The van der Waals surface area contributed by atoms with Crippen molar-refractivity contribution < 1.29 is 0 Å². The molecule has 0 aliphatic rings. The Morgan fingerprint density at radius 1 is 1.67 bits per heavy atom. The van der Waals surface area contributed by atoms with Crippen LogP contribution in [-0.4, -0.2) is 4.98 Å². The maximum Gasteiger partial charge on any atom is 0.267 e. The molecule has 1 rings (SSSR count). The number of hydrogen-bond acceptors (Lipinski definition) is 2. The van der Waals surface area contributed by atoms with Gasteiger partial charge in [-0.25, -0.2) is 0 Å². The summed E-state index contributed by atoms with van der Waals surface area (Å²) < 4.78 is 0.556. The maximum absolute atomic E-state index is 11.1. The van der Waals surface area contributed by atoms with E-state index in [0.29, 0.717) is 10.0 Å². The lowest BCUT2D eigenvalue weighted by Crippen LogP contribution is -2.12. The Balaban J connectivity index is 3.66. The fourth-order valence-corrected chi connectivity index (χ4v) is 1.32. The molecule has 0 aliphatic heterocycles. The van der Waals surface area contributed by atoms with Crippen molar-refractivity contribution in [3.05, 3.63) is 31.1 Å². The summed E-state index contributed by atoms with van der Waals surface area (Å²) in [5.74, 6) is 0. The molecule has 1 heterocycles. The zero-order valence-electron chi connectivity index (χ0n) is 6.11. The summed E-state index contributed by atoms with van der Waals surface area (Å²) in [5, 5.41) is 8.80. The minimum Gasteiger partial charge on any atom is -0.311 e. The van der Waals surface area contributed by atoms with E-state index in [4.69, 9.17) is 16.9 Å². The Hall–Kier alpha value is -0.790. The van der Waals surface area contributed by atoms with E-state index in [-0.39, 0.29) is 10.7 Å². The van der Waals surface area contributed by atoms with E-state index in [1.165, 1.54) is 0 Å². The summed E-state index contributed by atoms with van der Waals surface area (Å²) in [5.41, 5.74) is 0.195. The molecule has 3 nitrogen and oxygen atoms in total. The monoisotopic (exact) mass is 246 g/mol. The van der Waals surface area contributed by atoms with E-state index >= 15 is 0 Å². The van der Waals surface area contributed by atoms with Crippen molar-refractivity contribution in [2.24, 2.45) is 0 Å². The first-order chi connectivity index (χ1) is 5.57. The molecule has 0 aromatic carbocycles. The van der Waals surface area contributed by atoms with Crippen molar-refractivity contribution in [3.63, 3.8) is 0 Å². The largest absolute Gasteiger partial charge is 0.311 e. The highest BCUT2D eigenvalue weighted by atomic mass is 79.9. The van der Waals surface area contributed by atoms with Crippen LogP contribution in [-0.2, 0) is 0 Å². The van der Waals surface area contributed by atoms with Gasteiger partial charge in [-0.1, -0.05) is 11.6 Å². The lowest BCUT2D eigenvalue weighted by atomic mass is 10.2. The summed E-state index contributed by atoms with van der Waals surface area (Å²) in [7, 11) is 0. The Labute approximate surface area is 82.1 Å². The Kier molecular flexibility index (Phi) is 2.55. The molecule has 0 saturated carbocycles. The number of hydrogen-bond donors (Lipinski definition) is 1. The average Bonchev–Trinajstić information content (AvgIpc) is 2.01. The fourth-order valence-electron chi connectivity index (χ4n) is 0.796. The van der Waals surface area contributed by atoms with Crippen molar-refractivity contribution in [3.8, 4) is 6.07 Å². The molecular weight excluding hydrogens is 243 g/mol. The third-order valence-electron chi connectivity index (χ3n) is 1.46. The maximum atomic E-state index is 11.1. The molecule has 0 radical (unpaired) electrons. The van der Waals surface area contributed by atoms with Crippen LogP contribution in [0, 0.1) is 18.3 Å². The molecule has 1 aromatic heterocycles. The molecule has 5 heteroatoms. The van der Waals surface area contributed by atoms with Gasteiger partial charge in [0.2, 0.25) is 0 Å². The lowest BCUT2D eigenvalue weighted by molar-refractivity contribution is 1.16. The van der Waals surface area contributed by atoms with Gasteiger partial charge in [-0.15, -0.1) is 0 Å².